The summed E-state index contributed by atoms with van der Waals surface area (Å²) in [6, 6.07) is -1.56. The molecule has 0 radical (unpaired) electrons. The van der Waals surface area contributed by atoms with Gasteiger partial charge in [-0.1, -0.05) is 124 Å². The molecule has 322 valence electrons. The molecule has 0 saturated heterocycles. The van der Waals surface area contributed by atoms with E-state index >= 15 is 0 Å². The molecule has 12 nitrogen and oxygen atoms in total. The summed E-state index contributed by atoms with van der Waals surface area (Å²) in [5, 5.41) is 19.1. The number of carbonyl (C=O) groups is 3. The number of aliphatic hydroxyl groups excluding tert-OH is 1. The van der Waals surface area contributed by atoms with Crippen LogP contribution in [0, 0.1) is 0 Å². The molecule has 0 spiro atoms. The Labute approximate surface area is 341 Å². The Morgan fingerprint density at radius 1 is 0.649 bits per heavy atom. The van der Waals surface area contributed by atoms with E-state index in [4.69, 9.17) is 24.8 Å². The fourth-order valence-electron chi connectivity index (χ4n) is 4.69. The minimum absolute atomic E-state index is 0.0233. The average Bonchev–Trinajstić information content (AvgIpc) is 3.18. The van der Waals surface area contributed by atoms with Gasteiger partial charge in [0.25, 0.3) is 0 Å². The highest BCUT2D eigenvalue weighted by Crippen LogP contribution is 2.43. The van der Waals surface area contributed by atoms with Crippen molar-refractivity contribution in [3.63, 3.8) is 0 Å². The number of nitrogens with two attached hydrogens (primary N) is 1. The standard InChI is InChI=1S/C44H70NO11P/c1-3-5-7-9-11-13-15-17-18-20-22-24-26-28-30-34-43(48)56-40(37-54-57(51,52)55-38-41(45)44(49)50)36-53-42(47)35-31-33-39(46)32-29-27-25-23-21-19-16-14-12-10-8-6-4-2/h6,8,11-14,17-19,21-22,24-25,27,29,32,39-41,46H,3-5,7,9-10,15-16,20,23,26,28,30-31,33-38,45H2,1-2H3,(H,49,50)(H,51,52)/b8-6-,13-11-,14-12-,18-17-,21-19-,24-22-,27-25-,32-29+/t39?,40-,41+/m1/s1. The monoisotopic (exact) mass is 819 g/mol. The third kappa shape index (κ3) is 37.7. The van der Waals surface area contributed by atoms with Crippen molar-refractivity contribution in [2.45, 2.75) is 141 Å². The number of ether oxygens (including phenoxy) is 2. The molecule has 5 N–H and O–H groups in total. The fourth-order valence-corrected chi connectivity index (χ4v) is 5.46. The van der Waals surface area contributed by atoms with Gasteiger partial charge in [0.2, 0.25) is 0 Å². The zero-order valence-corrected chi connectivity index (χ0v) is 35.1. The molecule has 2 unspecified atom stereocenters. The minimum atomic E-state index is -4.78. The van der Waals surface area contributed by atoms with Gasteiger partial charge in [-0.15, -0.1) is 0 Å². The summed E-state index contributed by atoms with van der Waals surface area (Å²) in [5.74, 6) is -2.67. The number of allylic oxidation sites excluding steroid dienone is 15. The normalized spacial score (nSPS) is 15.3. The molecule has 0 bridgehead atoms. The van der Waals surface area contributed by atoms with Crippen LogP contribution in [0.15, 0.2) is 97.2 Å². The van der Waals surface area contributed by atoms with E-state index in [0.29, 0.717) is 19.3 Å². The van der Waals surface area contributed by atoms with Crippen LogP contribution >= 0.6 is 7.82 Å². The van der Waals surface area contributed by atoms with Crippen molar-refractivity contribution in [1.82, 2.24) is 0 Å². The van der Waals surface area contributed by atoms with Gasteiger partial charge in [-0.2, -0.15) is 0 Å². The van der Waals surface area contributed by atoms with Gasteiger partial charge in [-0.3, -0.25) is 23.4 Å². The van der Waals surface area contributed by atoms with Crippen LogP contribution in [-0.2, 0) is 37.5 Å². The van der Waals surface area contributed by atoms with Crippen LogP contribution in [0.2, 0.25) is 0 Å². The van der Waals surface area contributed by atoms with Crippen LogP contribution < -0.4 is 5.73 Å². The molecule has 57 heavy (non-hydrogen) atoms. The first-order valence-corrected chi connectivity index (χ1v) is 21.9. The molecule has 0 aromatic heterocycles. The molecule has 0 aliphatic carbocycles. The zero-order valence-electron chi connectivity index (χ0n) is 34.2. The quantitative estimate of drug-likeness (QED) is 0.0154. The lowest BCUT2D eigenvalue weighted by molar-refractivity contribution is -0.161. The summed E-state index contributed by atoms with van der Waals surface area (Å²) < 4.78 is 32.4. The third-order valence-corrected chi connectivity index (χ3v) is 8.87. The van der Waals surface area contributed by atoms with Gasteiger partial charge in [0.1, 0.15) is 12.6 Å². The highest BCUT2D eigenvalue weighted by atomic mass is 31.2. The average molecular weight is 820 g/mol. The molecular formula is C44H70NO11P. The molecule has 0 saturated carbocycles. The molecule has 0 amide bonds. The number of phosphoric ester groups is 1. The predicted molar refractivity (Wildman–Crippen MR) is 227 cm³/mol. The smallest absolute Gasteiger partial charge is 0.472 e. The summed E-state index contributed by atoms with van der Waals surface area (Å²) >= 11 is 0. The molecule has 0 aromatic rings. The first kappa shape index (κ1) is 53.4. The van der Waals surface area contributed by atoms with Crippen LogP contribution in [0.25, 0.3) is 0 Å². The van der Waals surface area contributed by atoms with Gasteiger partial charge in [-0.05, 0) is 83.5 Å². The largest absolute Gasteiger partial charge is 0.480 e. The number of phosphoric acid groups is 1. The Bertz CT molecular complexity index is 1350. The van der Waals surface area contributed by atoms with E-state index in [-0.39, 0.29) is 12.8 Å². The molecule has 13 heteroatoms. The predicted octanol–water partition coefficient (Wildman–Crippen LogP) is 9.47. The number of rotatable bonds is 36. The van der Waals surface area contributed by atoms with Crippen LogP contribution in [-0.4, -0.2) is 71.1 Å². The Kier molecular flexibility index (Phi) is 35.5. The maximum atomic E-state index is 12.6. The molecule has 4 atom stereocenters. The topological polar surface area (TPSA) is 192 Å². The number of carbonyl (C=O) groups excluding carboxylic acids is 2. The lowest BCUT2D eigenvalue weighted by atomic mass is 10.1. The lowest BCUT2D eigenvalue weighted by Gasteiger charge is -2.20. The van der Waals surface area contributed by atoms with E-state index in [1.165, 1.54) is 19.3 Å². The highest BCUT2D eigenvalue weighted by Gasteiger charge is 2.28. The maximum Gasteiger partial charge on any atom is 0.472 e. The number of aliphatic carboxylic acids is 1. The second-order valence-corrected chi connectivity index (χ2v) is 14.7. The number of carboxylic acid groups (broad SMARTS) is 1. The summed E-state index contributed by atoms with van der Waals surface area (Å²) in [7, 11) is -4.78. The van der Waals surface area contributed by atoms with Gasteiger partial charge in [-0.25, -0.2) is 4.57 Å². The fraction of sp³-hybridized carbons (Fsp3) is 0.568. The van der Waals surface area contributed by atoms with E-state index in [0.717, 1.165) is 57.8 Å². The molecular weight excluding hydrogens is 749 g/mol. The zero-order chi connectivity index (χ0) is 42.2. The third-order valence-electron chi connectivity index (χ3n) is 7.92. The second-order valence-electron chi connectivity index (χ2n) is 13.2. The summed E-state index contributed by atoms with van der Waals surface area (Å²) in [5.41, 5.74) is 5.31. The highest BCUT2D eigenvalue weighted by molar-refractivity contribution is 7.47. The lowest BCUT2D eigenvalue weighted by Crippen LogP contribution is -2.34. The Morgan fingerprint density at radius 3 is 1.75 bits per heavy atom. The second kappa shape index (κ2) is 37.9. The van der Waals surface area contributed by atoms with Gasteiger partial charge in [0, 0.05) is 12.8 Å². The summed E-state index contributed by atoms with van der Waals surface area (Å²) in [4.78, 5) is 45.9. The van der Waals surface area contributed by atoms with E-state index in [2.05, 4.69) is 91.3 Å². The first-order chi connectivity index (χ1) is 27.5. The van der Waals surface area contributed by atoms with Crippen molar-refractivity contribution in [1.29, 1.82) is 0 Å². The van der Waals surface area contributed by atoms with Gasteiger partial charge in [0.05, 0.1) is 19.3 Å². The number of hydrogen-bond acceptors (Lipinski definition) is 10. The first-order valence-electron chi connectivity index (χ1n) is 20.4. The summed E-state index contributed by atoms with van der Waals surface area (Å²) in [6.45, 7) is 2.38. The minimum Gasteiger partial charge on any atom is -0.480 e. The van der Waals surface area contributed by atoms with Crippen LogP contribution in [0.4, 0.5) is 0 Å². The van der Waals surface area contributed by atoms with E-state index in [1.807, 2.05) is 12.2 Å². The number of esters is 2. The number of carboxylic acids is 1. The number of unbranched alkanes of at least 4 members (excludes halogenated alkanes) is 5. The SMILES string of the molecule is CC/C=C\C/C=C\C/C=C\C/C=C\C=C\C(O)CCCC(=O)OC[C@H](COP(=O)(O)OC[C@H](N)C(=O)O)OC(=O)CCCC/C=C\C/C=C\C/C=C\CCCCC. The van der Waals surface area contributed by atoms with Crippen molar-refractivity contribution < 1.29 is 52.6 Å². The van der Waals surface area contributed by atoms with Gasteiger partial charge in [0.15, 0.2) is 6.10 Å². The Hall–Kier alpha value is -3.64. The van der Waals surface area contributed by atoms with Crippen molar-refractivity contribution in [2.24, 2.45) is 5.73 Å². The Balaban J connectivity index is 4.69. The van der Waals surface area contributed by atoms with Crippen molar-refractivity contribution in [2.75, 3.05) is 19.8 Å². The van der Waals surface area contributed by atoms with E-state index in [9.17, 15) is 28.9 Å². The van der Waals surface area contributed by atoms with E-state index in [1.54, 1.807) is 12.2 Å². The van der Waals surface area contributed by atoms with E-state index < -0.39 is 63.8 Å². The van der Waals surface area contributed by atoms with Gasteiger partial charge < -0.3 is 30.3 Å². The maximum absolute atomic E-state index is 12.6. The number of aliphatic hydroxyl groups is 1. The van der Waals surface area contributed by atoms with Crippen molar-refractivity contribution >= 4 is 25.7 Å². The van der Waals surface area contributed by atoms with Crippen molar-refractivity contribution in [3.8, 4) is 0 Å². The summed E-state index contributed by atoms with van der Waals surface area (Å²) in [6.07, 6.45) is 43.7. The van der Waals surface area contributed by atoms with Crippen molar-refractivity contribution in [3.05, 3.63) is 97.2 Å². The number of hydrogen-bond donors (Lipinski definition) is 4. The van der Waals surface area contributed by atoms with Crippen LogP contribution in [0.3, 0.4) is 0 Å². The molecule has 0 aliphatic rings. The molecule has 0 aromatic carbocycles. The van der Waals surface area contributed by atoms with Gasteiger partial charge >= 0.3 is 25.7 Å². The Morgan fingerprint density at radius 2 is 1.18 bits per heavy atom. The molecule has 0 heterocycles. The molecule has 0 rings (SSSR count). The molecule has 0 fully saturated rings. The van der Waals surface area contributed by atoms with Crippen LogP contribution in [0.1, 0.15) is 123 Å². The molecule has 0 aliphatic heterocycles. The van der Waals surface area contributed by atoms with Crippen LogP contribution in [0.5, 0.6) is 0 Å².